The van der Waals surface area contributed by atoms with E-state index in [1.54, 1.807) is 12.1 Å². The maximum Gasteiger partial charge on any atom is 0.355 e. The van der Waals surface area contributed by atoms with Crippen LogP contribution in [0.2, 0.25) is 0 Å². The van der Waals surface area contributed by atoms with Crippen LogP contribution >= 0.6 is 0 Å². The minimum Gasteiger partial charge on any atom is -0.456 e. The van der Waals surface area contributed by atoms with Gasteiger partial charge in [0.15, 0.2) is 0 Å². The zero-order valence-corrected chi connectivity index (χ0v) is 10.6. The molecule has 2 aromatic carbocycles. The number of carbonyl (C=O) groups is 1. The van der Waals surface area contributed by atoms with Gasteiger partial charge in [-0.3, -0.25) is 0 Å². The maximum atomic E-state index is 13.1. The Morgan fingerprint density at radius 2 is 1.90 bits per heavy atom. The van der Waals surface area contributed by atoms with Crippen LogP contribution in [0.1, 0.15) is 16.1 Å². The zero-order chi connectivity index (χ0) is 13.9. The molecule has 1 N–H and O–H groups in total. The summed E-state index contributed by atoms with van der Waals surface area (Å²) in [6.07, 6.45) is 0. The van der Waals surface area contributed by atoms with Crippen molar-refractivity contribution in [3.05, 3.63) is 71.7 Å². The van der Waals surface area contributed by atoms with Gasteiger partial charge >= 0.3 is 5.97 Å². The average Bonchev–Trinajstić information content (AvgIpc) is 2.89. The Balaban J connectivity index is 1.75. The van der Waals surface area contributed by atoms with Crippen molar-refractivity contribution in [2.24, 2.45) is 0 Å². The predicted octanol–water partition coefficient (Wildman–Crippen LogP) is 3.66. The summed E-state index contributed by atoms with van der Waals surface area (Å²) in [5.74, 6) is -0.786. The van der Waals surface area contributed by atoms with Gasteiger partial charge in [0.2, 0.25) is 0 Å². The van der Waals surface area contributed by atoms with Gasteiger partial charge in [-0.05, 0) is 29.8 Å². The quantitative estimate of drug-likeness (QED) is 0.737. The van der Waals surface area contributed by atoms with Gasteiger partial charge in [-0.15, -0.1) is 0 Å². The lowest BCUT2D eigenvalue weighted by atomic mass is 10.2. The fourth-order valence-electron chi connectivity index (χ4n) is 2.01. The second-order valence-corrected chi connectivity index (χ2v) is 4.48. The van der Waals surface area contributed by atoms with Crippen molar-refractivity contribution in [2.45, 2.75) is 6.61 Å². The van der Waals surface area contributed by atoms with Crippen molar-refractivity contribution in [1.29, 1.82) is 0 Å². The summed E-state index contributed by atoms with van der Waals surface area (Å²) in [4.78, 5) is 14.8. The summed E-state index contributed by atoms with van der Waals surface area (Å²) < 4.78 is 18.3. The topological polar surface area (TPSA) is 42.1 Å². The highest BCUT2D eigenvalue weighted by molar-refractivity contribution is 5.94. The van der Waals surface area contributed by atoms with E-state index in [0.717, 1.165) is 5.56 Å². The summed E-state index contributed by atoms with van der Waals surface area (Å²) >= 11 is 0. The second kappa shape index (κ2) is 5.17. The van der Waals surface area contributed by atoms with Crippen LogP contribution in [0.25, 0.3) is 10.9 Å². The number of rotatable bonds is 3. The number of hydrogen-bond acceptors (Lipinski definition) is 2. The Hall–Kier alpha value is -2.62. The van der Waals surface area contributed by atoms with Crippen LogP contribution in [0.5, 0.6) is 0 Å². The SMILES string of the molecule is O=C(OCc1ccccc1)c1cc2cc(F)ccc2[nH]1. The first-order chi connectivity index (χ1) is 9.72. The molecule has 0 aliphatic heterocycles. The first-order valence-corrected chi connectivity index (χ1v) is 6.22. The normalized spacial score (nSPS) is 10.7. The molecule has 0 atom stereocenters. The van der Waals surface area contributed by atoms with Crippen molar-refractivity contribution >= 4 is 16.9 Å². The summed E-state index contributed by atoms with van der Waals surface area (Å²) in [5, 5.41) is 0.650. The van der Waals surface area contributed by atoms with Gasteiger partial charge in [0.05, 0.1) is 0 Å². The number of benzene rings is 2. The van der Waals surface area contributed by atoms with E-state index in [4.69, 9.17) is 4.74 Å². The van der Waals surface area contributed by atoms with Crippen molar-refractivity contribution < 1.29 is 13.9 Å². The van der Waals surface area contributed by atoms with Crippen LogP contribution in [-0.4, -0.2) is 11.0 Å². The van der Waals surface area contributed by atoms with Crippen molar-refractivity contribution in [1.82, 2.24) is 4.98 Å². The molecule has 0 aliphatic rings. The molecule has 0 saturated heterocycles. The Kier molecular flexibility index (Phi) is 3.21. The third kappa shape index (κ3) is 2.54. The van der Waals surface area contributed by atoms with E-state index in [1.165, 1.54) is 12.1 Å². The number of aromatic amines is 1. The van der Waals surface area contributed by atoms with Crippen molar-refractivity contribution in [3.63, 3.8) is 0 Å². The number of carbonyl (C=O) groups excluding carboxylic acids is 1. The predicted molar refractivity (Wildman–Crippen MR) is 73.8 cm³/mol. The summed E-state index contributed by atoms with van der Waals surface area (Å²) in [5.41, 5.74) is 1.95. The third-order valence-corrected chi connectivity index (χ3v) is 3.02. The summed E-state index contributed by atoms with van der Waals surface area (Å²) in [7, 11) is 0. The molecule has 20 heavy (non-hydrogen) atoms. The number of H-pyrrole nitrogens is 1. The first-order valence-electron chi connectivity index (χ1n) is 6.22. The minimum absolute atomic E-state index is 0.212. The van der Waals surface area contributed by atoms with Gasteiger partial charge in [0.1, 0.15) is 18.1 Å². The molecule has 0 amide bonds. The fourth-order valence-corrected chi connectivity index (χ4v) is 2.01. The van der Waals surface area contributed by atoms with E-state index < -0.39 is 5.97 Å². The Morgan fingerprint density at radius 3 is 2.70 bits per heavy atom. The monoisotopic (exact) mass is 269 g/mol. The Morgan fingerprint density at radius 1 is 1.10 bits per heavy atom. The van der Waals surface area contributed by atoms with Gasteiger partial charge in [-0.1, -0.05) is 30.3 Å². The first kappa shape index (κ1) is 12.4. The smallest absolute Gasteiger partial charge is 0.355 e. The zero-order valence-electron chi connectivity index (χ0n) is 10.6. The molecule has 100 valence electrons. The van der Waals surface area contributed by atoms with E-state index in [9.17, 15) is 9.18 Å². The van der Waals surface area contributed by atoms with Crippen LogP contribution in [0.4, 0.5) is 4.39 Å². The van der Waals surface area contributed by atoms with Crippen molar-refractivity contribution in [2.75, 3.05) is 0 Å². The van der Waals surface area contributed by atoms with Crippen LogP contribution < -0.4 is 0 Å². The van der Waals surface area contributed by atoms with Crippen LogP contribution in [-0.2, 0) is 11.3 Å². The van der Waals surface area contributed by atoms with Gasteiger partial charge < -0.3 is 9.72 Å². The lowest BCUT2D eigenvalue weighted by Gasteiger charge is -2.02. The maximum absolute atomic E-state index is 13.1. The van der Waals surface area contributed by atoms with E-state index in [2.05, 4.69) is 4.98 Å². The van der Waals surface area contributed by atoms with E-state index in [0.29, 0.717) is 16.6 Å². The molecule has 0 spiro atoms. The standard InChI is InChI=1S/C16H12FNO2/c17-13-6-7-14-12(8-13)9-15(18-14)16(19)20-10-11-4-2-1-3-5-11/h1-9,18H,10H2. The molecule has 3 rings (SSSR count). The van der Waals surface area contributed by atoms with Gasteiger partial charge in [0.25, 0.3) is 0 Å². The Labute approximate surface area is 115 Å². The lowest BCUT2D eigenvalue weighted by Crippen LogP contribution is -2.05. The highest BCUT2D eigenvalue weighted by Gasteiger charge is 2.11. The van der Waals surface area contributed by atoms with E-state index >= 15 is 0 Å². The number of hydrogen-bond donors (Lipinski definition) is 1. The molecule has 0 bridgehead atoms. The highest BCUT2D eigenvalue weighted by Crippen LogP contribution is 2.17. The number of aromatic nitrogens is 1. The largest absolute Gasteiger partial charge is 0.456 e. The molecule has 0 unspecified atom stereocenters. The molecule has 3 nitrogen and oxygen atoms in total. The number of ether oxygens (including phenoxy) is 1. The summed E-state index contributed by atoms with van der Waals surface area (Å²) in [6, 6.07) is 15.3. The molecule has 0 radical (unpaired) electrons. The molecule has 1 aromatic heterocycles. The number of esters is 1. The van der Waals surface area contributed by atoms with Gasteiger partial charge in [-0.2, -0.15) is 0 Å². The van der Waals surface area contributed by atoms with Gasteiger partial charge in [0, 0.05) is 10.9 Å². The minimum atomic E-state index is -0.453. The summed E-state index contributed by atoms with van der Waals surface area (Å²) in [6.45, 7) is 0.212. The molecule has 0 aliphatic carbocycles. The van der Waals surface area contributed by atoms with Gasteiger partial charge in [-0.25, -0.2) is 9.18 Å². The van der Waals surface area contributed by atoms with Crippen LogP contribution in [0, 0.1) is 5.82 Å². The lowest BCUT2D eigenvalue weighted by molar-refractivity contribution is 0.0467. The molecule has 1 heterocycles. The molecule has 0 saturated carbocycles. The second-order valence-electron chi connectivity index (χ2n) is 4.48. The van der Waals surface area contributed by atoms with Crippen LogP contribution in [0.3, 0.4) is 0 Å². The number of halogens is 1. The molecular weight excluding hydrogens is 257 g/mol. The van der Waals surface area contributed by atoms with Crippen LogP contribution in [0.15, 0.2) is 54.6 Å². The molecule has 0 fully saturated rings. The van der Waals surface area contributed by atoms with Crippen molar-refractivity contribution in [3.8, 4) is 0 Å². The number of nitrogens with one attached hydrogen (secondary N) is 1. The molecule has 3 aromatic rings. The highest BCUT2D eigenvalue weighted by atomic mass is 19.1. The van der Waals surface area contributed by atoms with E-state index in [-0.39, 0.29) is 12.4 Å². The molecule has 4 heteroatoms. The van der Waals surface area contributed by atoms with E-state index in [1.807, 2.05) is 30.3 Å². The third-order valence-electron chi connectivity index (χ3n) is 3.02. The average molecular weight is 269 g/mol. The number of fused-ring (bicyclic) bond motifs is 1. The fraction of sp³-hybridized carbons (Fsp3) is 0.0625. The molecular formula is C16H12FNO2. The Bertz CT molecular complexity index is 750.